The Kier molecular flexibility index (Phi) is 14.4. The molecular weight excluding hydrogens is 859 g/mol. The average molecular weight is 921 g/mol. The van der Waals surface area contributed by atoms with E-state index in [-0.39, 0.29) is 48.9 Å². The molecule has 0 amide bonds. The summed E-state index contributed by atoms with van der Waals surface area (Å²) in [5.74, 6) is 1.27. The summed E-state index contributed by atoms with van der Waals surface area (Å²) in [6.07, 6.45) is 19.8. The predicted octanol–water partition coefficient (Wildman–Crippen LogP) is 14.8. The molecule has 7 rings (SSSR count). The minimum atomic E-state index is 0. The fourth-order valence-corrected chi connectivity index (χ4v) is 10.5. The smallest absolute Gasteiger partial charge is 0.162 e. The second-order valence-electron chi connectivity index (χ2n) is 17.1. The van der Waals surface area contributed by atoms with Gasteiger partial charge in [0.2, 0.25) is 0 Å². The number of ketones is 1. The Bertz CT molecular complexity index is 2050. The molecule has 0 aliphatic heterocycles. The molecule has 1 N–H and O–H groups in total. The normalized spacial score (nSPS) is 16.6. The Morgan fingerprint density at radius 3 is 2.19 bits per heavy atom. The van der Waals surface area contributed by atoms with Gasteiger partial charge in [-0.05, 0) is 109 Å². The monoisotopic (exact) mass is 921 g/mol. The van der Waals surface area contributed by atoms with Crippen LogP contribution in [0.15, 0.2) is 72.6 Å². The molecule has 5 heteroatoms. The van der Waals surface area contributed by atoms with Crippen molar-refractivity contribution in [2.24, 2.45) is 17.3 Å². The first-order chi connectivity index (χ1) is 25.5. The largest absolute Gasteiger partial charge is 0.512 e. The van der Waals surface area contributed by atoms with E-state index in [0.717, 1.165) is 42.9 Å². The van der Waals surface area contributed by atoms with E-state index >= 15 is 0 Å². The van der Waals surface area contributed by atoms with Crippen molar-refractivity contribution in [3.05, 3.63) is 89.8 Å². The van der Waals surface area contributed by atoms with Crippen LogP contribution in [0.4, 0.5) is 0 Å². The van der Waals surface area contributed by atoms with Crippen molar-refractivity contribution in [1.29, 1.82) is 0 Å². The number of aromatic nitrogens is 1. The van der Waals surface area contributed by atoms with E-state index in [0.29, 0.717) is 5.41 Å². The van der Waals surface area contributed by atoms with E-state index in [1.807, 2.05) is 45.2 Å². The maximum atomic E-state index is 11.7. The fraction of sp³-hybridized carbons (Fsp3) is 0.510. The maximum Gasteiger partial charge on any atom is 0.162 e. The molecule has 2 heterocycles. The number of benzene rings is 3. The molecule has 0 bridgehead atoms. The van der Waals surface area contributed by atoms with Crippen LogP contribution < -0.4 is 0 Å². The second kappa shape index (κ2) is 18.4. The van der Waals surface area contributed by atoms with Crippen molar-refractivity contribution in [1.82, 2.24) is 4.98 Å². The van der Waals surface area contributed by atoms with Crippen molar-refractivity contribution < 1.29 is 30.0 Å². The van der Waals surface area contributed by atoms with E-state index in [4.69, 9.17) is 4.98 Å². The van der Waals surface area contributed by atoms with Crippen LogP contribution in [0.25, 0.3) is 42.2 Å². The minimum Gasteiger partial charge on any atom is -0.512 e. The van der Waals surface area contributed by atoms with Gasteiger partial charge >= 0.3 is 0 Å². The van der Waals surface area contributed by atoms with Crippen LogP contribution in [0, 0.1) is 23.3 Å². The molecule has 3 aromatic carbocycles. The van der Waals surface area contributed by atoms with Gasteiger partial charge in [0.15, 0.2) is 5.78 Å². The van der Waals surface area contributed by atoms with Gasteiger partial charge < -0.3 is 5.11 Å². The van der Waals surface area contributed by atoms with Crippen molar-refractivity contribution in [3.63, 3.8) is 0 Å². The first kappa shape index (κ1) is 42.3. The molecule has 5 aromatic rings. The molecule has 2 saturated carbocycles. The third kappa shape index (κ3) is 9.22. The van der Waals surface area contributed by atoms with Gasteiger partial charge in [-0.25, -0.2) is 0 Å². The molecule has 0 saturated heterocycles. The zero-order valence-electron chi connectivity index (χ0n) is 33.8. The number of aliphatic hydroxyl groups excluding tert-OH is 1. The topological polar surface area (TPSA) is 50.2 Å². The second-order valence-corrected chi connectivity index (χ2v) is 18.2. The summed E-state index contributed by atoms with van der Waals surface area (Å²) in [6, 6.07) is 24.3. The molecule has 0 atom stereocenters. The summed E-state index contributed by atoms with van der Waals surface area (Å²) in [7, 11) is 0. The van der Waals surface area contributed by atoms with Gasteiger partial charge in [0, 0.05) is 59.3 Å². The van der Waals surface area contributed by atoms with Gasteiger partial charge in [-0.2, -0.15) is 0 Å². The fourth-order valence-electron chi connectivity index (χ4n) is 9.29. The zero-order valence-corrected chi connectivity index (χ0v) is 37.0. The number of hydrogen-bond donors (Lipinski definition) is 1. The van der Waals surface area contributed by atoms with Crippen LogP contribution in [-0.2, 0) is 30.3 Å². The van der Waals surface area contributed by atoms with Gasteiger partial charge in [-0.15, -0.1) is 40.5 Å². The van der Waals surface area contributed by atoms with Crippen molar-refractivity contribution in [2.75, 3.05) is 0 Å². The summed E-state index contributed by atoms with van der Waals surface area (Å²) in [6.45, 7) is 15.0. The number of fused-ring (bicyclic) bond motifs is 4. The number of pyridine rings is 1. The van der Waals surface area contributed by atoms with Crippen LogP contribution in [0.5, 0.6) is 0 Å². The van der Waals surface area contributed by atoms with Crippen molar-refractivity contribution in [2.45, 2.75) is 143 Å². The average Bonchev–Trinajstić information content (AvgIpc) is 3.54. The van der Waals surface area contributed by atoms with Crippen molar-refractivity contribution >= 4 is 48.1 Å². The molecule has 2 fully saturated rings. The molecule has 54 heavy (non-hydrogen) atoms. The SMILES string of the molecule is CC(C)(C)c1cc(-c2nccc3c2sc2cc(C4CCC5(CCCCC5)CC4)ccc23)[c-]c2ccccc12.CCC(CC)C(=O)/C=C(\O)C(CC)CC.[Ir]. The van der Waals surface area contributed by atoms with E-state index in [9.17, 15) is 9.90 Å². The quantitative estimate of drug-likeness (QED) is 0.0910. The van der Waals surface area contributed by atoms with Gasteiger partial charge in [0.1, 0.15) is 0 Å². The van der Waals surface area contributed by atoms with Gasteiger partial charge in [-0.1, -0.05) is 109 Å². The minimum absolute atomic E-state index is 0. The van der Waals surface area contributed by atoms with Gasteiger partial charge in [-0.3, -0.25) is 9.78 Å². The third-order valence-electron chi connectivity index (χ3n) is 12.8. The zero-order chi connectivity index (χ0) is 37.8. The first-order valence-electron chi connectivity index (χ1n) is 20.7. The molecule has 2 aliphatic rings. The van der Waals surface area contributed by atoms with E-state index < -0.39 is 0 Å². The van der Waals surface area contributed by atoms with E-state index in [1.165, 1.54) is 100 Å². The van der Waals surface area contributed by atoms with Crippen LogP contribution >= 0.6 is 11.3 Å². The van der Waals surface area contributed by atoms with Crippen molar-refractivity contribution in [3.8, 4) is 11.3 Å². The summed E-state index contributed by atoms with van der Waals surface area (Å²) >= 11 is 1.92. The molecule has 2 aliphatic carbocycles. The number of thiophene rings is 1. The van der Waals surface area contributed by atoms with Crippen LogP contribution in [0.3, 0.4) is 0 Å². The predicted molar refractivity (Wildman–Crippen MR) is 228 cm³/mol. The number of aliphatic hydroxyl groups is 1. The summed E-state index contributed by atoms with van der Waals surface area (Å²) in [5.41, 5.74) is 5.81. The van der Waals surface area contributed by atoms with Gasteiger partial charge in [0.25, 0.3) is 0 Å². The van der Waals surface area contributed by atoms with E-state index in [2.05, 4.69) is 81.4 Å². The van der Waals surface area contributed by atoms with Crippen LogP contribution in [-0.4, -0.2) is 15.9 Å². The number of allylic oxidation sites excluding steroid dienone is 2. The summed E-state index contributed by atoms with van der Waals surface area (Å²) in [5, 5.41) is 14.9. The standard InChI is InChI=1S/C36H38NS.C13H24O2.Ir/c1-35(2,3)31-22-27(21-26-9-5-6-10-28(26)31)33-34-30(15-20-37-33)29-12-11-25(23-32(29)38-34)24-13-18-36(19-14-24)16-7-4-8-17-36;1-5-10(6-2)12(14)9-13(15)11(7-3)8-4;/h5-6,9-12,15,20,22-24H,4,7-8,13-14,16-19H2,1-3H3;9-11,14H,5-8H2,1-4H3;/q-1;;/b;12-9-;. The van der Waals surface area contributed by atoms with Crippen LogP contribution in [0.2, 0.25) is 0 Å². The Labute approximate surface area is 342 Å². The molecule has 2 aromatic heterocycles. The third-order valence-corrected chi connectivity index (χ3v) is 13.9. The number of hydrogen-bond acceptors (Lipinski definition) is 4. The first-order valence-corrected chi connectivity index (χ1v) is 21.5. The molecule has 0 unspecified atom stereocenters. The van der Waals surface area contributed by atoms with E-state index in [1.54, 1.807) is 5.56 Å². The Morgan fingerprint density at radius 1 is 0.870 bits per heavy atom. The number of carbonyl (C=O) groups excluding carboxylic acids is 1. The number of rotatable bonds is 9. The van der Waals surface area contributed by atoms with Gasteiger partial charge in [0.05, 0.1) is 5.76 Å². The molecule has 1 radical (unpaired) electrons. The molecular formula is C49H62IrNO2S-. The summed E-state index contributed by atoms with van der Waals surface area (Å²) < 4.78 is 2.69. The van der Waals surface area contributed by atoms with Crippen LogP contribution in [0.1, 0.15) is 149 Å². The molecule has 291 valence electrons. The molecule has 3 nitrogen and oxygen atoms in total. The molecule has 1 spiro atoms. The Balaban J connectivity index is 0.000000301. The maximum absolute atomic E-state index is 11.7. The summed E-state index contributed by atoms with van der Waals surface area (Å²) in [4.78, 5) is 16.7. The Morgan fingerprint density at radius 2 is 1.54 bits per heavy atom. The number of nitrogens with zero attached hydrogens (tertiary/aromatic N) is 1. The number of carbonyl (C=O) groups is 1. The Hall–Kier alpha value is -2.85.